The molecular weight excluding hydrogens is 438 g/mol. The third-order valence-electron chi connectivity index (χ3n) is 5.79. The van der Waals surface area contributed by atoms with Gasteiger partial charge in [-0.25, -0.2) is 9.78 Å². The highest BCUT2D eigenvalue weighted by Crippen LogP contribution is 2.34. The van der Waals surface area contributed by atoms with E-state index in [-0.39, 0.29) is 11.3 Å². The number of nitrogens with one attached hydrogen (secondary N) is 1. The molecule has 1 aliphatic heterocycles. The van der Waals surface area contributed by atoms with Gasteiger partial charge < -0.3 is 25.0 Å². The summed E-state index contributed by atoms with van der Waals surface area (Å²) in [6.45, 7) is 0. The van der Waals surface area contributed by atoms with Crippen molar-refractivity contribution in [3.8, 4) is 0 Å². The molecule has 1 aromatic carbocycles. The first-order valence-electron chi connectivity index (χ1n) is 10.5. The minimum Gasteiger partial charge on any atom is -0.429 e. The summed E-state index contributed by atoms with van der Waals surface area (Å²) in [5, 5.41) is 24.4. The average molecular weight is 460 g/mol. The molecular formula is C21H22ClN5O5. The number of hydrogen-bond donors (Lipinski definition) is 3. The Morgan fingerprint density at radius 3 is 2.66 bits per heavy atom. The van der Waals surface area contributed by atoms with Crippen LogP contribution in [0.3, 0.4) is 0 Å². The summed E-state index contributed by atoms with van der Waals surface area (Å²) in [6.07, 6.45) is 0.497. The van der Waals surface area contributed by atoms with Crippen LogP contribution in [0.15, 0.2) is 36.7 Å². The van der Waals surface area contributed by atoms with E-state index in [1.54, 1.807) is 30.3 Å². The number of halogens is 1. The van der Waals surface area contributed by atoms with Crippen LogP contribution in [-0.4, -0.2) is 60.2 Å². The molecule has 1 saturated carbocycles. The molecule has 0 unspecified atom stereocenters. The molecule has 4 atom stereocenters. The van der Waals surface area contributed by atoms with E-state index in [2.05, 4.69) is 20.3 Å². The van der Waals surface area contributed by atoms with Crippen LogP contribution in [0.25, 0.3) is 11.2 Å². The van der Waals surface area contributed by atoms with E-state index in [1.807, 2.05) is 0 Å². The topological polar surface area (TPSA) is 132 Å². The van der Waals surface area contributed by atoms with Gasteiger partial charge in [-0.05, 0) is 36.6 Å². The number of aliphatic hydroxyl groups is 2. The van der Waals surface area contributed by atoms with Gasteiger partial charge in [0.25, 0.3) is 0 Å². The lowest BCUT2D eigenvalue weighted by Gasteiger charge is -2.17. The van der Waals surface area contributed by atoms with Crippen molar-refractivity contribution in [2.75, 3.05) is 5.32 Å². The number of carbonyl (C=O) groups is 1. The summed E-state index contributed by atoms with van der Waals surface area (Å²) >= 11 is 6.15. The molecule has 10 nitrogen and oxygen atoms in total. The van der Waals surface area contributed by atoms with Gasteiger partial charge in [0, 0.05) is 6.04 Å². The molecule has 2 fully saturated rings. The van der Waals surface area contributed by atoms with E-state index in [4.69, 9.17) is 21.1 Å². The van der Waals surface area contributed by atoms with Crippen molar-refractivity contribution in [1.29, 1.82) is 0 Å². The maximum atomic E-state index is 12.4. The van der Waals surface area contributed by atoms with Gasteiger partial charge in [-0.15, -0.1) is 0 Å². The summed E-state index contributed by atoms with van der Waals surface area (Å²) in [4.78, 5) is 25.2. The maximum Gasteiger partial charge on any atom is 0.340 e. The van der Waals surface area contributed by atoms with Gasteiger partial charge in [-0.3, -0.25) is 4.57 Å². The van der Waals surface area contributed by atoms with Crippen molar-refractivity contribution in [3.63, 3.8) is 0 Å². The molecule has 0 bridgehead atoms. The molecule has 0 spiro atoms. The number of aromatic nitrogens is 4. The molecule has 1 saturated heterocycles. The molecule has 3 heterocycles. The van der Waals surface area contributed by atoms with E-state index in [0.717, 1.165) is 25.7 Å². The van der Waals surface area contributed by atoms with Crippen molar-refractivity contribution in [2.45, 2.75) is 56.5 Å². The maximum absolute atomic E-state index is 12.4. The number of nitrogens with zero attached hydrogens (tertiary/aromatic N) is 4. The first-order chi connectivity index (χ1) is 15.5. The Morgan fingerprint density at radius 1 is 1.16 bits per heavy atom. The van der Waals surface area contributed by atoms with E-state index >= 15 is 0 Å². The third-order valence-corrected chi connectivity index (χ3v) is 5.96. The summed E-state index contributed by atoms with van der Waals surface area (Å²) < 4.78 is 12.4. The SMILES string of the molecule is O=C(O[C@H]1O[C@@H](n2cnc3c(NC4CCCC4)nc(Cl)nc32)[C@H](O)[C@@H]1O)c1ccccc1. The predicted octanol–water partition coefficient (Wildman–Crippen LogP) is 2.27. The minimum atomic E-state index is -1.46. The molecule has 0 radical (unpaired) electrons. The standard InChI is InChI=1S/C21H22ClN5O5/c22-21-25-16(24-12-8-4-5-9-12)13-17(26-21)27(10-23-13)18-14(28)15(29)20(31-18)32-19(30)11-6-2-1-3-7-11/h1-3,6-7,10,12,14-15,18,20,28-29H,4-5,8-9H2,(H,24,25,26)/t14-,15+,18-,20-/m1/s1. The second-order valence-electron chi connectivity index (χ2n) is 7.94. The smallest absolute Gasteiger partial charge is 0.340 e. The number of esters is 1. The van der Waals surface area contributed by atoms with Crippen molar-refractivity contribution in [2.24, 2.45) is 0 Å². The Hall–Kier alpha value is -2.79. The lowest BCUT2D eigenvalue weighted by molar-refractivity contribution is -0.146. The van der Waals surface area contributed by atoms with Gasteiger partial charge in [-0.2, -0.15) is 9.97 Å². The quantitative estimate of drug-likeness (QED) is 0.388. The van der Waals surface area contributed by atoms with Crippen LogP contribution < -0.4 is 5.32 Å². The Bertz CT molecular complexity index is 1120. The van der Waals surface area contributed by atoms with Gasteiger partial charge in [0.1, 0.15) is 12.2 Å². The number of ether oxygens (including phenoxy) is 2. The van der Waals surface area contributed by atoms with E-state index < -0.39 is 30.7 Å². The fourth-order valence-electron chi connectivity index (χ4n) is 4.14. The molecule has 32 heavy (non-hydrogen) atoms. The van der Waals surface area contributed by atoms with E-state index in [9.17, 15) is 15.0 Å². The zero-order valence-corrected chi connectivity index (χ0v) is 17.7. The lowest BCUT2D eigenvalue weighted by atomic mass is 10.2. The first kappa shape index (κ1) is 21.1. The Morgan fingerprint density at radius 2 is 1.91 bits per heavy atom. The van der Waals surface area contributed by atoms with Crippen LogP contribution in [0.2, 0.25) is 5.28 Å². The predicted molar refractivity (Wildman–Crippen MR) is 114 cm³/mol. The van der Waals surface area contributed by atoms with E-state index in [0.29, 0.717) is 22.5 Å². The van der Waals surface area contributed by atoms with E-state index in [1.165, 1.54) is 10.9 Å². The highest BCUT2D eigenvalue weighted by Gasteiger charge is 2.46. The lowest BCUT2D eigenvalue weighted by Crippen LogP contribution is -2.34. The zero-order chi connectivity index (χ0) is 22.2. The van der Waals surface area contributed by atoms with Crippen LogP contribution in [-0.2, 0) is 9.47 Å². The number of rotatable bonds is 5. The molecule has 168 valence electrons. The highest BCUT2D eigenvalue weighted by molar-refractivity contribution is 6.28. The number of anilines is 1. The highest BCUT2D eigenvalue weighted by atomic mass is 35.5. The molecule has 2 aliphatic rings. The molecule has 5 rings (SSSR count). The van der Waals surface area contributed by atoms with Crippen molar-refractivity contribution in [1.82, 2.24) is 19.5 Å². The van der Waals surface area contributed by atoms with Gasteiger partial charge in [0.05, 0.1) is 11.9 Å². The molecule has 2 aromatic heterocycles. The van der Waals surface area contributed by atoms with Crippen molar-refractivity contribution in [3.05, 3.63) is 47.5 Å². The first-order valence-corrected chi connectivity index (χ1v) is 10.8. The minimum absolute atomic E-state index is 0.0137. The van der Waals surface area contributed by atoms with Crippen LogP contribution in [0.5, 0.6) is 0 Å². The fourth-order valence-corrected chi connectivity index (χ4v) is 4.31. The zero-order valence-electron chi connectivity index (χ0n) is 17.0. The largest absolute Gasteiger partial charge is 0.429 e. The molecule has 3 aromatic rings. The van der Waals surface area contributed by atoms with Crippen LogP contribution in [0.4, 0.5) is 5.82 Å². The number of benzene rings is 1. The molecule has 3 N–H and O–H groups in total. The van der Waals surface area contributed by atoms with Gasteiger partial charge in [0.2, 0.25) is 11.6 Å². The van der Waals surface area contributed by atoms with Gasteiger partial charge in [0.15, 0.2) is 23.2 Å². The van der Waals surface area contributed by atoms with Crippen molar-refractivity contribution >= 4 is 34.6 Å². The Labute approximate surface area is 188 Å². The summed E-state index contributed by atoms with van der Waals surface area (Å²) in [5.74, 6) is -0.169. The molecule has 0 amide bonds. The fraction of sp³-hybridized carbons (Fsp3) is 0.429. The normalized spacial score (nSPS) is 26.0. The summed E-state index contributed by atoms with van der Waals surface area (Å²) in [6, 6.07) is 8.60. The van der Waals surface area contributed by atoms with Crippen LogP contribution in [0.1, 0.15) is 42.3 Å². The number of carbonyl (C=O) groups excluding carboxylic acids is 1. The number of fused-ring (bicyclic) bond motifs is 1. The van der Waals surface area contributed by atoms with Crippen LogP contribution in [0, 0.1) is 0 Å². The second kappa shape index (κ2) is 8.62. The summed E-state index contributed by atoms with van der Waals surface area (Å²) in [7, 11) is 0. The number of hydrogen-bond acceptors (Lipinski definition) is 9. The Balaban J connectivity index is 1.40. The molecule has 11 heteroatoms. The monoisotopic (exact) mass is 459 g/mol. The Kier molecular flexibility index (Phi) is 5.68. The summed E-state index contributed by atoms with van der Waals surface area (Å²) in [5.41, 5.74) is 1.10. The number of aliphatic hydroxyl groups excluding tert-OH is 2. The average Bonchev–Trinajstić information content (AvgIpc) is 3.51. The van der Waals surface area contributed by atoms with Crippen LogP contribution >= 0.6 is 11.6 Å². The number of imidazole rings is 1. The van der Waals surface area contributed by atoms with Crippen molar-refractivity contribution < 1.29 is 24.5 Å². The van der Waals surface area contributed by atoms with Gasteiger partial charge >= 0.3 is 5.97 Å². The second-order valence-corrected chi connectivity index (χ2v) is 8.28. The van der Waals surface area contributed by atoms with Gasteiger partial charge in [-0.1, -0.05) is 31.0 Å². The third kappa shape index (κ3) is 3.90. The molecule has 1 aliphatic carbocycles.